The predicted octanol–water partition coefficient (Wildman–Crippen LogP) is 3.84. The summed E-state index contributed by atoms with van der Waals surface area (Å²) in [6.07, 6.45) is 6.29. The molecule has 5 nitrogen and oxygen atoms in total. The lowest BCUT2D eigenvalue weighted by atomic mass is 10.2. The third-order valence-corrected chi connectivity index (χ3v) is 4.47. The summed E-state index contributed by atoms with van der Waals surface area (Å²) in [4.78, 5) is 2.61. The largest absolute Gasteiger partial charge is 0.490 e. The number of ether oxygens (including phenoxy) is 2. The third-order valence-electron chi connectivity index (χ3n) is 4.47. The van der Waals surface area contributed by atoms with Gasteiger partial charge < -0.3 is 24.8 Å². The molecule has 1 aromatic rings. The number of aliphatic hydroxyl groups is 1. The topological polar surface area (TPSA) is 54.0 Å². The van der Waals surface area contributed by atoms with E-state index in [4.69, 9.17) is 14.6 Å². The highest BCUT2D eigenvalue weighted by molar-refractivity contribution is 5.43. The number of nitrogens with one attached hydrogen (secondary N) is 1. The molecular weight excluding hydrogens is 340 g/mol. The molecule has 0 bridgehead atoms. The summed E-state index contributed by atoms with van der Waals surface area (Å²) in [7, 11) is 0. The van der Waals surface area contributed by atoms with Crippen LogP contribution in [-0.2, 0) is 6.54 Å². The Kier molecular flexibility index (Phi) is 13.8. The number of aliphatic hydroxyl groups excluding tert-OH is 1. The minimum atomic E-state index is 0.00238. The Bertz CT molecular complexity index is 475. The molecule has 1 rings (SSSR count). The van der Waals surface area contributed by atoms with E-state index in [1.807, 2.05) is 19.1 Å². The highest BCUT2D eigenvalue weighted by Crippen LogP contribution is 2.28. The summed E-state index contributed by atoms with van der Waals surface area (Å²) in [5.74, 6) is 1.44. The van der Waals surface area contributed by atoms with Crippen molar-refractivity contribution in [1.29, 1.82) is 0 Å². The van der Waals surface area contributed by atoms with Crippen molar-refractivity contribution < 1.29 is 14.6 Å². The zero-order valence-corrected chi connectivity index (χ0v) is 17.6. The quantitative estimate of drug-likeness (QED) is 0.402. The fourth-order valence-corrected chi connectivity index (χ4v) is 2.96. The van der Waals surface area contributed by atoms with E-state index in [9.17, 15) is 0 Å². The Balaban J connectivity index is 2.38. The minimum absolute atomic E-state index is 0.00238. The number of hydrogen-bond donors (Lipinski definition) is 2. The van der Waals surface area contributed by atoms with Gasteiger partial charge in [-0.1, -0.05) is 32.8 Å². The van der Waals surface area contributed by atoms with Crippen LogP contribution >= 0.6 is 0 Å². The molecule has 0 aliphatic rings. The van der Waals surface area contributed by atoms with Gasteiger partial charge in [-0.15, -0.1) is 0 Å². The van der Waals surface area contributed by atoms with Crippen LogP contribution in [0.15, 0.2) is 18.2 Å². The van der Waals surface area contributed by atoms with Gasteiger partial charge in [0, 0.05) is 6.54 Å². The maximum absolute atomic E-state index is 8.92. The molecule has 0 fully saturated rings. The number of nitrogens with zero attached hydrogens (tertiary/aromatic N) is 1. The molecule has 156 valence electrons. The number of rotatable bonds is 17. The lowest BCUT2D eigenvalue weighted by Gasteiger charge is -2.22. The standard InChI is InChI=1S/C22H40N2O3/c1-4-7-13-24(14-8-5-2)15-9-12-23-19-20-10-11-21(27-17-16-25)22(18-20)26-6-3/h10-11,18,23,25H,4-9,12-17,19H2,1-3H3. The summed E-state index contributed by atoms with van der Waals surface area (Å²) in [5.41, 5.74) is 1.18. The van der Waals surface area contributed by atoms with Crippen molar-refractivity contribution in [3.8, 4) is 11.5 Å². The fraction of sp³-hybridized carbons (Fsp3) is 0.727. The molecule has 0 aliphatic carbocycles. The molecule has 0 saturated carbocycles. The van der Waals surface area contributed by atoms with Crippen LogP contribution in [0.4, 0.5) is 0 Å². The van der Waals surface area contributed by atoms with E-state index in [0.29, 0.717) is 12.4 Å². The Hall–Kier alpha value is -1.30. The first-order valence-electron chi connectivity index (χ1n) is 10.7. The van der Waals surface area contributed by atoms with Gasteiger partial charge in [-0.25, -0.2) is 0 Å². The van der Waals surface area contributed by atoms with Crippen LogP contribution in [0.25, 0.3) is 0 Å². The molecule has 0 spiro atoms. The van der Waals surface area contributed by atoms with Crippen LogP contribution in [0.3, 0.4) is 0 Å². The highest BCUT2D eigenvalue weighted by atomic mass is 16.5. The molecule has 27 heavy (non-hydrogen) atoms. The molecule has 0 atom stereocenters. The Morgan fingerprint density at radius 3 is 2.26 bits per heavy atom. The van der Waals surface area contributed by atoms with Gasteiger partial charge in [0.05, 0.1) is 13.2 Å². The predicted molar refractivity (Wildman–Crippen MR) is 113 cm³/mol. The maximum atomic E-state index is 8.92. The third kappa shape index (κ3) is 10.6. The average Bonchev–Trinajstić information content (AvgIpc) is 2.68. The molecule has 0 heterocycles. The van der Waals surface area contributed by atoms with Crippen molar-refractivity contribution in [3.05, 3.63) is 23.8 Å². The van der Waals surface area contributed by atoms with E-state index in [2.05, 4.69) is 30.1 Å². The van der Waals surface area contributed by atoms with Crippen LogP contribution in [0, 0.1) is 0 Å². The summed E-state index contributed by atoms with van der Waals surface area (Å²) < 4.78 is 11.2. The van der Waals surface area contributed by atoms with Crippen LogP contribution in [0.1, 0.15) is 58.4 Å². The Morgan fingerprint density at radius 2 is 1.63 bits per heavy atom. The summed E-state index contributed by atoms with van der Waals surface area (Å²) in [6, 6.07) is 6.00. The summed E-state index contributed by atoms with van der Waals surface area (Å²) >= 11 is 0. The fourth-order valence-electron chi connectivity index (χ4n) is 2.96. The zero-order valence-electron chi connectivity index (χ0n) is 17.6. The van der Waals surface area contributed by atoms with E-state index < -0.39 is 0 Å². The van der Waals surface area contributed by atoms with Gasteiger partial charge in [0.1, 0.15) is 6.61 Å². The lowest BCUT2D eigenvalue weighted by molar-refractivity contribution is 0.194. The molecule has 5 heteroatoms. The van der Waals surface area contributed by atoms with Crippen LogP contribution in [-0.4, -0.2) is 56.0 Å². The Morgan fingerprint density at radius 1 is 0.926 bits per heavy atom. The van der Waals surface area contributed by atoms with Crippen molar-refractivity contribution in [2.45, 2.75) is 59.4 Å². The van der Waals surface area contributed by atoms with E-state index in [1.165, 1.54) is 57.3 Å². The van der Waals surface area contributed by atoms with E-state index in [0.717, 1.165) is 18.8 Å². The van der Waals surface area contributed by atoms with Crippen molar-refractivity contribution in [1.82, 2.24) is 10.2 Å². The van der Waals surface area contributed by atoms with Crippen molar-refractivity contribution in [3.63, 3.8) is 0 Å². The van der Waals surface area contributed by atoms with Gasteiger partial charge in [-0.3, -0.25) is 0 Å². The van der Waals surface area contributed by atoms with Crippen LogP contribution in [0.5, 0.6) is 11.5 Å². The average molecular weight is 381 g/mol. The molecule has 2 N–H and O–H groups in total. The zero-order chi connectivity index (χ0) is 19.7. The molecule has 0 radical (unpaired) electrons. The second-order valence-corrected chi connectivity index (χ2v) is 6.87. The normalized spacial score (nSPS) is 11.1. The number of benzene rings is 1. The number of hydrogen-bond acceptors (Lipinski definition) is 5. The first-order chi connectivity index (χ1) is 13.2. The van der Waals surface area contributed by atoms with E-state index in [1.54, 1.807) is 0 Å². The summed E-state index contributed by atoms with van der Waals surface area (Å²) in [5, 5.41) is 12.5. The van der Waals surface area contributed by atoms with Gasteiger partial charge in [0.25, 0.3) is 0 Å². The second kappa shape index (κ2) is 15.7. The van der Waals surface area contributed by atoms with E-state index in [-0.39, 0.29) is 13.2 Å². The first kappa shape index (κ1) is 23.7. The highest BCUT2D eigenvalue weighted by Gasteiger charge is 2.07. The lowest BCUT2D eigenvalue weighted by Crippen LogP contribution is -2.29. The van der Waals surface area contributed by atoms with Gasteiger partial charge in [-0.05, 0) is 70.1 Å². The van der Waals surface area contributed by atoms with E-state index >= 15 is 0 Å². The van der Waals surface area contributed by atoms with Crippen molar-refractivity contribution in [2.75, 3.05) is 46.0 Å². The van der Waals surface area contributed by atoms with Gasteiger partial charge in [-0.2, -0.15) is 0 Å². The molecule has 0 amide bonds. The molecule has 0 saturated heterocycles. The van der Waals surface area contributed by atoms with Crippen LogP contribution in [0.2, 0.25) is 0 Å². The summed E-state index contributed by atoms with van der Waals surface area (Å²) in [6.45, 7) is 12.8. The SMILES string of the molecule is CCCCN(CCCC)CCCNCc1ccc(OCCO)c(OCC)c1. The van der Waals surface area contributed by atoms with Gasteiger partial charge in [0.2, 0.25) is 0 Å². The first-order valence-corrected chi connectivity index (χ1v) is 10.7. The maximum Gasteiger partial charge on any atom is 0.161 e. The smallest absolute Gasteiger partial charge is 0.161 e. The molecule has 0 aliphatic heterocycles. The van der Waals surface area contributed by atoms with Crippen molar-refractivity contribution in [2.24, 2.45) is 0 Å². The second-order valence-electron chi connectivity index (χ2n) is 6.87. The monoisotopic (exact) mass is 380 g/mol. The minimum Gasteiger partial charge on any atom is -0.490 e. The Labute approximate surface area is 166 Å². The molecular formula is C22H40N2O3. The van der Waals surface area contributed by atoms with Gasteiger partial charge >= 0.3 is 0 Å². The molecule has 0 unspecified atom stereocenters. The number of unbranched alkanes of at least 4 members (excludes halogenated alkanes) is 2. The van der Waals surface area contributed by atoms with Crippen LogP contribution < -0.4 is 14.8 Å². The molecule has 1 aromatic carbocycles. The molecule has 0 aromatic heterocycles. The van der Waals surface area contributed by atoms with Crippen molar-refractivity contribution >= 4 is 0 Å². The van der Waals surface area contributed by atoms with Gasteiger partial charge in [0.15, 0.2) is 11.5 Å².